The number of sulfonamides is 1. The summed E-state index contributed by atoms with van der Waals surface area (Å²) in [6.07, 6.45) is 0. The lowest BCUT2D eigenvalue weighted by atomic mass is 10.2. The Morgan fingerprint density at radius 3 is 2.44 bits per heavy atom. The molecule has 0 aliphatic carbocycles. The van der Waals surface area contributed by atoms with E-state index in [-0.39, 0.29) is 28.9 Å². The number of carbonyl (C=O) groups is 2. The van der Waals surface area contributed by atoms with Crippen molar-refractivity contribution in [2.24, 2.45) is 0 Å². The number of benzene rings is 1. The minimum absolute atomic E-state index is 0.0692. The quantitative estimate of drug-likeness (QED) is 0.778. The number of nitrogens with zero attached hydrogens (tertiary/aromatic N) is 3. The van der Waals surface area contributed by atoms with Crippen LogP contribution in [0.15, 0.2) is 23.1 Å². The predicted octanol–water partition coefficient (Wildman–Crippen LogP) is 0.726. The third kappa shape index (κ3) is 3.93. The molecule has 0 radical (unpaired) electrons. The van der Waals surface area contributed by atoms with Crippen LogP contribution in [0, 0.1) is 5.82 Å². The maximum atomic E-state index is 13.3. The number of hydrogen-bond donors (Lipinski definition) is 1. The fraction of sp³-hybridized carbons (Fsp3) is 0.500. The Morgan fingerprint density at radius 1 is 1.22 bits per heavy atom. The Bertz CT molecular complexity index is 858. The standard InChI is InChI=1S/C16H20ClFN4O4S/c1-11(15(23)22-5-4-19-16(22)24)20-6-8-21(9-7-20)27(25,26)12-2-3-14(18)13(17)10-12/h2-3,10-11H,4-9H2,1H3,(H,19,24)/t11-/m0/s1. The topological polar surface area (TPSA) is 90.0 Å². The van der Waals surface area contributed by atoms with Gasteiger partial charge in [0.05, 0.1) is 16.0 Å². The molecule has 0 unspecified atom stereocenters. The number of rotatable bonds is 4. The zero-order chi connectivity index (χ0) is 19.8. The highest BCUT2D eigenvalue weighted by Gasteiger charge is 2.36. The first-order chi connectivity index (χ1) is 12.7. The summed E-state index contributed by atoms with van der Waals surface area (Å²) in [5, 5.41) is 2.33. The monoisotopic (exact) mass is 418 g/mol. The molecule has 148 valence electrons. The predicted molar refractivity (Wildman–Crippen MR) is 96.3 cm³/mol. The molecule has 1 N–H and O–H groups in total. The van der Waals surface area contributed by atoms with Gasteiger partial charge in [-0.15, -0.1) is 0 Å². The van der Waals surface area contributed by atoms with Gasteiger partial charge in [0.15, 0.2) is 0 Å². The van der Waals surface area contributed by atoms with E-state index in [9.17, 15) is 22.4 Å². The first kappa shape index (κ1) is 20.0. The van der Waals surface area contributed by atoms with E-state index >= 15 is 0 Å². The molecular formula is C16H20ClFN4O4S. The first-order valence-corrected chi connectivity index (χ1v) is 10.3. The van der Waals surface area contributed by atoms with E-state index in [0.717, 1.165) is 12.1 Å². The van der Waals surface area contributed by atoms with E-state index < -0.39 is 27.9 Å². The molecule has 2 heterocycles. The fourth-order valence-electron chi connectivity index (χ4n) is 3.18. The molecule has 0 aromatic heterocycles. The molecule has 11 heteroatoms. The summed E-state index contributed by atoms with van der Waals surface area (Å²) in [5.41, 5.74) is 0. The van der Waals surface area contributed by atoms with Crippen molar-refractivity contribution in [3.05, 3.63) is 29.0 Å². The van der Waals surface area contributed by atoms with Crippen LogP contribution in [0.2, 0.25) is 5.02 Å². The lowest BCUT2D eigenvalue weighted by Gasteiger charge is -2.37. The maximum Gasteiger partial charge on any atom is 0.324 e. The van der Waals surface area contributed by atoms with Gasteiger partial charge in [-0.2, -0.15) is 4.31 Å². The molecule has 1 aromatic rings. The molecular weight excluding hydrogens is 399 g/mol. The second kappa shape index (κ2) is 7.70. The smallest absolute Gasteiger partial charge is 0.324 e. The molecule has 8 nitrogen and oxygen atoms in total. The number of carbonyl (C=O) groups excluding carboxylic acids is 2. The van der Waals surface area contributed by atoms with Crippen molar-refractivity contribution in [2.75, 3.05) is 39.3 Å². The largest absolute Gasteiger partial charge is 0.336 e. The Balaban J connectivity index is 1.65. The van der Waals surface area contributed by atoms with Gasteiger partial charge in [-0.05, 0) is 25.1 Å². The number of hydrogen-bond acceptors (Lipinski definition) is 5. The van der Waals surface area contributed by atoms with Gasteiger partial charge in [-0.3, -0.25) is 14.6 Å². The molecule has 3 amide bonds. The molecule has 2 aliphatic heterocycles. The lowest BCUT2D eigenvalue weighted by molar-refractivity contribution is -0.133. The van der Waals surface area contributed by atoms with Gasteiger partial charge >= 0.3 is 6.03 Å². The Hall–Kier alpha value is -1.75. The van der Waals surface area contributed by atoms with Crippen molar-refractivity contribution in [3.63, 3.8) is 0 Å². The van der Waals surface area contributed by atoms with E-state index in [1.54, 1.807) is 6.92 Å². The van der Waals surface area contributed by atoms with E-state index in [1.165, 1.54) is 15.3 Å². The van der Waals surface area contributed by atoms with Crippen molar-refractivity contribution < 1.29 is 22.4 Å². The van der Waals surface area contributed by atoms with Crippen LogP contribution in [-0.4, -0.2) is 79.8 Å². The van der Waals surface area contributed by atoms with E-state index in [0.29, 0.717) is 26.2 Å². The molecule has 3 rings (SSSR count). The van der Waals surface area contributed by atoms with Gasteiger partial charge in [0.2, 0.25) is 15.9 Å². The molecule has 2 aliphatic rings. The molecule has 27 heavy (non-hydrogen) atoms. The van der Waals surface area contributed by atoms with Crippen LogP contribution in [0.25, 0.3) is 0 Å². The zero-order valence-electron chi connectivity index (χ0n) is 14.7. The van der Waals surface area contributed by atoms with Gasteiger partial charge in [0.25, 0.3) is 0 Å². The average Bonchev–Trinajstić information content (AvgIpc) is 3.08. The fourth-order valence-corrected chi connectivity index (χ4v) is 4.88. The SMILES string of the molecule is C[C@@H](C(=O)N1CCNC1=O)N1CCN(S(=O)(=O)c2ccc(F)c(Cl)c2)CC1. The summed E-state index contributed by atoms with van der Waals surface area (Å²) in [7, 11) is -3.80. The van der Waals surface area contributed by atoms with Crippen molar-refractivity contribution in [2.45, 2.75) is 17.9 Å². The summed E-state index contributed by atoms with van der Waals surface area (Å²) in [5.74, 6) is -0.981. The Morgan fingerprint density at radius 2 is 1.89 bits per heavy atom. The second-order valence-corrected chi connectivity index (χ2v) is 8.76. The second-order valence-electron chi connectivity index (χ2n) is 6.41. The molecule has 1 atom stereocenters. The Kier molecular flexibility index (Phi) is 5.71. The molecule has 2 saturated heterocycles. The summed E-state index contributed by atoms with van der Waals surface area (Å²) < 4.78 is 40.0. The third-order valence-electron chi connectivity index (χ3n) is 4.83. The highest BCUT2D eigenvalue weighted by molar-refractivity contribution is 7.89. The van der Waals surface area contributed by atoms with Crippen LogP contribution in [0.5, 0.6) is 0 Å². The molecule has 2 fully saturated rings. The summed E-state index contributed by atoms with van der Waals surface area (Å²) >= 11 is 5.69. The number of nitrogens with one attached hydrogen (secondary N) is 1. The molecule has 1 aromatic carbocycles. The number of urea groups is 1. The summed E-state index contributed by atoms with van der Waals surface area (Å²) in [4.78, 5) is 27.1. The number of imide groups is 1. The van der Waals surface area contributed by atoms with E-state index in [2.05, 4.69) is 5.32 Å². The highest BCUT2D eigenvalue weighted by Crippen LogP contribution is 2.23. The van der Waals surface area contributed by atoms with Crippen LogP contribution in [0.1, 0.15) is 6.92 Å². The van der Waals surface area contributed by atoms with Crippen LogP contribution < -0.4 is 5.32 Å². The normalized spacial score (nSPS) is 20.6. The van der Waals surface area contributed by atoms with Crippen LogP contribution in [-0.2, 0) is 14.8 Å². The third-order valence-corrected chi connectivity index (χ3v) is 7.01. The van der Waals surface area contributed by atoms with E-state index in [1.807, 2.05) is 4.90 Å². The Labute approximate surface area is 161 Å². The van der Waals surface area contributed by atoms with Crippen LogP contribution in [0.3, 0.4) is 0 Å². The molecule has 0 bridgehead atoms. The summed E-state index contributed by atoms with van der Waals surface area (Å²) in [6, 6.07) is 2.37. The van der Waals surface area contributed by atoms with Crippen molar-refractivity contribution >= 4 is 33.6 Å². The lowest BCUT2D eigenvalue weighted by Crippen LogP contribution is -2.55. The molecule has 0 spiro atoms. The molecule has 0 saturated carbocycles. The van der Waals surface area contributed by atoms with Gasteiger partial charge in [-0.1, -0.05) is 11.6 Å². The van der Waals surface area contributed by atoms with Gasteiger partial charge in [0.1, 0.15) is 5.82 Å². The number of halogens is 2. The number of piperazine rings is 1. The van der Waals surface area contributed by atoms with Crippen LogP contribution >= 0.6 is 11.6 Å². The van der Waals surface area contributed by atoms with Crippen molar-refractivity contribution in [3.8, 4) is 0 Å². The van der Waals surface area contributed by atoms with Gasteiger partial charge < -0.3 is 5.32 Å². The average molecular weight is 419 g/mol. The summed E-state index contributed by atoms with van der Waals surface area (Å²) in [6.45, 7) is 3.53. The minimum atomic E-state index is -3.80. The highest BCUT2D eigenvalue weighted by atomic mass is 35.5. The first-order valence-electron chi connectivity index (χ1n) is 8.50. The van der Waals surface area contributed by atoms with E-state index in [4.69, 9.17) is 11.6 Å². The maximum absolute atomic E-state index is 13.3. The van der Waals surface area contributed by atoms with Gasteiger partial charge in [-0.25, -0.2) is 17.6 Å². The number of amides is 3. The zero-order valence-corrected chi connectivity index (χ0v) is 16.3. The van der Waals surface area contributed by atoms with Crippen molar-refractivity contribution in [1.29, 1.82) is 0 Å². The van der Waals surface area contributed by atoms with Gasteiger partial charge in [0, 0.05) is 39.3 Å². The minimum Gasteiger partial charge on any atom is -0.336 e. The van der Waals surface area contributed by atoms with Crippen LogP contribution in [0.4, 0.5) is 9.18 Å². The van der Waals surface area contributed by atoms with Crippen molar-refractivity contribution in [1.82, 2.24) is 19.4 Å².